The van der Waals surface area contributed by atoms with Gasteiger partial charge in [0.05, 0.1) is 12.5 Å². The third-order valence-corrected chi connectivity index (χ3v) is 4.45. The van der Waals surface area contributed by atoms with E-state index in [1.165, 1.54) is 11.3 Å². The summed E-state index contributed by atoms with van der Waals surface area (Å²) >= 11 is 0. The van der Waals surface area contributed by atoms with E-state index < -0.39 is 11.4 Å². The molecule has 0 unspecified atom stereocenters. The third-order valence-electron chi connectivity index (χ3n) is 4.45. The molecule has 0 amide bonds. The summed E-state index contributed by atoms with van der Waals surface area (Å²) < 4.78 is 5.58. The second kappa shape index (κ2) is 4.15. The van der Waals surface area contributed by atoms with Crippen LogP contribution in [0.3, 0.4) is 0 Å². The molecule has 0 aromatic heterocycles. The molecule has 0 bridgehead atoms. The van der Waals surface area contributed by atoms with E-state index >= 15 is 0 Å². The fourth-order valence-electron chi connectivity index (χ4n) is 3.16. The van der Waals surface area contributed by atoms with Gasteiger partial charge in [0.15, 0.2) is 0 Å². The minimum absolute atomic E-state index is 0.698. The predicted molar refractivity (Wildman–Crippen MR) is 73.1 cm³/mol. The first-order valence-electron chi connectivity index (χ1n) is 6.75. The van der Waals surface area contributed by atoms with E-state index in [0.717, 1.165) is 30.7 Å². The van der Waals surface area contributed by atoms with E-state index in [1.807, 2.05) is 6.07 Å². The van der Waals surface area contributed by atoms with Crippen LogP contribution in [-0.4, -0.2) is 31.8 Å². The Morgan fingerprint density at radius 1 is 1.42 bits per heavy atom. The Hall–Kier alpha value is -1.71. The van der Waals surface area contributed by atoms with E-state index in [1.54, 1.807) is 7.11 Å². The van der Waals surface area contributed by atoms with Crippen LogP contribution < -0.4 is 9.64 Å². The molecule has 1 aliphatic carbocycles. The highest BCUT2D eigenvalue weighted by Gasteiger charge is 2.53. The number of fused-ring (bicyclic) bond motifs is 1. The number of methoxy groups -OCH3 is 1. The number of anilines is 1. The summed E-state index contributed by atoms with van der Waals surface area (Å²) in [4.78, 5) is 13.7. The molecule has 1 heterocycles. The van der Waals surface area contributed by atoms with Crippen molar-refractivity contribution < 1.29 is 14.6 Å². The molecule has 102 valence electrons. The molecule has 1 N–H and O–H groups in total. The van der Waals surface area contributed by atoms with Gasteiger partial charge in [-0.1, -0.05) is 6.07 Å². The maximum atomic E-state index is 11.5. The average Bonchev–Trinajstić information content (AvgIpc) is 3.19. The van der Waals surface area contributed by atoms with Crippen molar-refractivity contribution in [3.63, 3.8) is 0 Å². The quantitative estimate of drug-likeness (QED) is 0.906. The van der Waals surface area contributed by atoms with Gasteiger partial charge in [0.1, 0.15) is 5.75 Å². The Balaban J connectivity index is 2.15. The number of nitrogens with zero attached hydrogens (tertiary/aromatic N) is 1. The number of ether oxygens (including phenoxy) is 1. The van der Waals surface area contributed by atoms with Crippen molar-refractivity contribution in [2.24, 2.45) is 0 Å². The first kappa shape index (κ1) is 12.3. The van der Waals surface area contributed by atoms with E-state index in [9.17, 15) is 9.90 Å². The van der Waals surface area contributed by atoms with Crippen LogP contribution in [0.4, 0.5) is 5.69 Å². The fourth-order valence-corrected chi connectivity index (χ4v) is 3.16. The Morgan fingerprint density at radius 3 is 2.74 bits per heavy atom. The van der Waals surface area contributed by atoms with Gasteiger partial charge in [-0.15, -0.1) is 0 Å². The summed E-state index contributed by atoms with van der Waals surface area (Å²) in [6.45, 7) is 1.04. The summed E-state index contributed by atoms with van der Waals surface area (Å²) in [6.07, 6.45) is 3.48. The van der Waals surface area contributed by atoms with Gasteiger partial charge in [0.25, 0.3) is 0 Å². The third kappa shape index (κ3) is 1.70. The summed E-state index contributed by atoms with van der Waals surface area (Å²) in [5.41, 5.74) is 2.50. The van der Waals surface area contributed by atoms with Crippen molar-refractivity contribution in [1.82, 2.24) is 0 Å². The summed E-state index contributed by atoms with van der Waals surface area (Å²) in [5, 5.41) is 9.47. The van der Waals surface area contributed by atoms with Crippen molar-refractivity contribution in [3.8, 4) is 5.75 Å². The lowest BCUT2D eigenvalue weighted by Gasteiger charge is -2.30. The Morgan fingerprint density at radius 2 is 2.16 bits per heavy atom. The summed E-state index contributed by atoms with van der Waals surface area (Å²) in [5.74, 6) is 0.0684. The summed E-state index contributed by atoms with van der Waals surface area (Å²) in [6, 6.07) is 4.00. The van der Waals surface area contributed by atoms with Crippen LogP contribution in [0.1, 0.15) is 30.4 Å². The minimum atomic E-state index is -0.727. The van der Waals surface area contributed by atoms with Crippen LogP contribution in [-0.2, 0) is 16.6 Å². The number of hydrogen-bond acceptors (Lipinski definition) is 3. The first-order chi connectivity index (χ1) is 9.10. The summed E-state index contributed by atoms with van der Waals surface area (Å²) in [7, 11) is 3.72. The lowest BCUT2D eigenvalue weighted by atomic mass is 9.89. The normalized spacial score (nSPS) is 19.8. The molecule has 19 heavy (non-hydrogen) atoms. The van der Waals surface area contributed by atoms with E-state index in [0.29, 0.717) is 12.8 Å². The zero-order valence-electron chi connectivity index (χ0n) is 11.4. The van der Waals surface area contributed by atoms with Crippen LogP contribution in [0.25, 0.3) is 0 Å². The first-order valence-corrected chi connectivity index (χ1v) is 6.75. The zero-order chi connectivity index (χ0) is 13.6. The highest BCUT2D eigenvalue weighted by Crippen LogP contribution is 2.53. The smallest absolute Gasteiger partial charge is 0.314 e. The van der Waals surface area contributed by atoms with Crippen molar-refractivity contribution >= 4 is 11.7 Å². The number of aliphatic carboxylic acids is 1. The molecule has 4 nitrogen and oxygen atoms in total. The maximum absolute atomic E-state index is 11.5. The zero-order valence-corrected chi connectivity index (χ0v) is 11.4. The van der Waals surface area contributed by atoms with Gasteiger partial charge in [-0.25, -0.2) is 0 Å². The van der Waals surface area contributed by atoms with Crippen LogP contribution in [0.2, 0.25) is 0 Å². The molecular weight excluding hydrogens is 242 g/mol. The molecule has 0 atom stereocenters. The highest BCUT2D eigenvalue weighted by molar-refractivity contribution is 5.87. The number of benzene rings is 1. The van der Waals surface area contributed by atoms with Crippen molar-refractivity contribution in [3.05, 3.63) is 23.3 Å². The lowest BCUT2D eigenvalue weighted by molar-refractivity contribution is -0.140. The van der Waals surface area contributed by atoms with Crippen LogP contribution in [0.5, 0.6) is 5.75 Å². The van der Waals surface area contributed by atoms with Gasteiger partial charge in [-0.2, -0.15) is 0 Å². The Kier molecular flexibility index (Phi) is 2.69. The number of carboxylic acid groups (broad SMARTS) is 1. The second-order valence-electron chi connectivity index (χ2n) is 5.56. The minimum Gasteiger partial charge on any atom is -0.496 e. The monoisotopic (exact) mass is 261 g/mol. The molecule has 3 rings (SSSR count). The van der Waals surface area contributed by atoms with Crippen LogP contribution in [0.15, 0.2) is 12.1 Å². The number of hydrogen-bond donors (Lipinski definition) is 1. The molecule has 1 aromatic rings. The molecule has 1 fully saturated rings. The standard InChI is InChI=1S/C15H19NO3/c1-16-9-3-4-10-12(16)6-5-11(13(10)19-2)15(7-8-15)14(17)18/h5-6H,3-4,7-9H2,1-2H3,(H,17,18). The number of carbonyl (C=O) groups is 1. The molecule has 1 aromatic carbocycles. The molecule has 1 saturated carbocycles. The highest BCUT2D eigenvalue weighted by atomic mass is 16.5. The van der Waals surface area contributed by atoms with Gasteiger partial charge in [0, 0.05) is 30.4 Å². The van der Waals surface area contributed by atoms with Crippen molar-refractivity contribution in [2.75, 3.05) is 25.6 Å². The second-order valence-corrected chi connectivity index (χ2v) is 5.56. The van der Waals surface area contributed by atoms with E-state index in [4.69, 9.17) is 4.74 Å². The predicted octanol–water partition coefficient (Wildman–Crippen LogP) is 2.19. The largest absolute Gasteiger partial charge is 0.496 e. The number of carboxylic acids is 1. The maximum Gasteiger partial charge on any atom is 0.314 e. The SMILES string of the molecule is COc1c(C2(C(=O)O)CC2)ccc2c1CCCN2C. The average molecular weight is 261 g/mol. The van der Waals surface area contributed by atoms with Crippen LogP contribution in [0, 0.1) is 0 Å². The van der Waals surface area contributed by atoms with Crippen molar-refractivity contribution in [2.45, 2.75) is 31.1 Å². The fraction of sp³-hybridized carbons (Fsp3) is 0.533. The lowest BCUT2D eigenvalue weighted by Crippen LogP contribution is -2.27. The molecule has 0 radical (unpaired) electrons. The molecule has 0 saturated heterocycles. The molecule has 4 heteroatoms. The molecule has 2 aliphatic rings. The molecular formula is C15H19NO3. The van der Waals surface area contributed by atoms with Gasteiger partial charge in [-0.05, 0) is 31.7 Å². The molecule has 1 aliphatic heterocycles. The van der Waals surface area contributed by atoms with Crippen LogP contribution >= 0.6 is 0 Å². The Bertz CT molecular complexity index is 534. The Labute approximate surface area is 113 Å². The van der Waals surface area contributed by atoms with Crippen molar-refractivity contribution in [1.29, 1.82) is 0 Å². The van der Waals surface area contributed by atoms with Gasteiger partial charge in [-0.3, -0.25) is 4.79 Å². The van der Waals surface area contributed by atoms with E-state index in [2.05, 4.69) is 18.0 Å². The van der Waals surface area contributed by atoms with Gasteiger partial charge < -0.3 is 14.7 Å². The topological polar surface area (TPSA) is 49.8 Å². The van der Waals surface area contributed by atoms with E-state index in [-0.39, 0.29) is 0 Å². The van der Waals surface area contributed by atoms with Gasteiger partial charge >= 0.3 is 5.97 Å². The van der Waals surface area contributed by atoms with Gasteiger partial charge in [0.2, 0.25) is 0 Å². The molecule has 0 spiro atoms. The number of rotatable bonds is 3.